The first-order valence-electron chi connectivity index (χ1n) is 32.9. The summed E-state index contributed by atoms with van der Waals surface area (Å²) in [7, 11) is 0. The predicted octanol–water partition coefficient (Wildman–Crippen LogP) is 10.8. The van der Waals surface area contributed by atoms with Crippen LogP contribution in [-0.2, 0) is 62.1 Å². The Balaban J connectivity index is 0.00000219. The molecule has 0 fully saturated rings. The molecule has 498 valence electrons. The fraction of sp³-hybridized carbons (Fsp3) is 0.761. The van der Waals surface area contributed by atoms with Crippen molar-refractivity contribution in [3.8, 4) is 0 Å². The van der Waals surface area contributed by atoms with E-state index >= 15 is 0 Å². The third kappa shape index (κ3) is 50.2. The molecule has 87 heavy (non-hydrogen) atoms. The number of ether oxygens (including phenoxy) is 4. The Morgan fingerprint density at radius 3 is 1.46 bits per heavy atom. The van der Waals surface area contributed by atoms with Gasteiger partial charge in [-0.2, -0.15) is 0 Å². The number of amides is 5. The van der Waals surface area contributed by atoms with Crippen LogP contribution in [0.2, 0.25) is 0 Å². The quantitative estimate of drug-likeness (QED) is 0.0331. The van der Waals surface area contributed by atoms with Gasteiger partial charge < -0.3 is 50.6 Å². The van der Waals surface area contributed by atoms with E-state index in [4.69, 9.17) is 18.9 Å². The molecule has 0 spiro atoms. The molecule has 20 heteroatoms. The smallest absolute Gasteiger partial charge is 0.326 e. The number of carboxylic acid groups (broad SMARTS) is 1. The molecule has 0 saturated heterocycles. The van der Waals surface area contributed by atoms with E-state index in [1.54, 1.807) is 38.1 Å². The van der Waals surface area contributed by atoms with Gasteiger partial charge in [0.25, 0.3) is 5.91 Å². The number of carbonyl (C=O) groups excluding carboxylic acids is 9. The summed E-state index contributed by atoms with van der Waals surface area (Å²) in [5.41, 5.74) is 1.15. The highest BCUT2D eigenvalue weighted by Gasteiger charge is 2.21. The van der Waals surface area contributed by atoms with Gasteiger partial charge in [-0.1, -0.05) is 130 Å². The molecule has 1 rings (SSSR count). The molecule has 0 radical (unpaired) electrons. The molecule has 1 aromatic rings. The highest BCUT2D eigenvalue weighted by Crippen LogP contribution is 2.17. The van der Waals surface area contributed by atoms with Crippen LogP contribution in [0.25, 0.3) is 0 Å². The standard InChI is InChI=1S/C45H83N3O11.C22H32N2O4/c1-4-6-7-8-9-10-11-12-13-14-15-16-17-18-19-25-42(51)48-41(45(54)55)27-26-40(50)24-22-30-56-32-34-58-37-44(53)47-29-31-57-33-35-59-36-43(52)46-28-21-20-23-39(5-2)38(3)49;1-15(17(3)25)7-5-6-14-23-22(28)19-9-11-20(12-10-19)24-21(27)13-8-16(2)18(4)26/h39,41H,4-37H2,1-3H3,(H,46,52)(H,47,53)(H,48,51)(H,54,55);9-12,15-16H,5-8,13-14H2,1-4H3,(H,23,28)(H,24,27). The second-order valence-electron chi connectivity index (χ2n) is 23.0. The van der Waals surface area contributed by atoms with E-state index in [9.17, 15) is 53.1 Å². The average molecular weight is 1230 g/mol. The first-order chi connectivity index (χ1) is 41.8. The van der Waals surface area contributed by atoms with Crippen LogP contribution in [0.3, 0.4) is 0 Å². The highest BCUT2D eigenvalue weighted by atomic mass is 16.5. The summed E-state index contributed by atoms with van der Waals surface area (Å²) in [4.78, 5) is 118. The molecular weight excluding hydrogens is 1110 g/mol. The van der Waals surface area contributed by atoms with Crippen molar-refractivity contribution in [2.45, 2.75) is 241 Å². The van der Waals surface area contributed by atoms with E-state index in [-0.39, 0.29) is 142 Å². The van der Waals surface area contributed by atoms with Crippen molar-refractivity contribution in [2.75, 3.05) is 77.8 Å². The Kier molecular flexibility index (Phi) is 52.3. The van der Waals surface area contributed by atoms with Gasteiger partial charge in [0, 0.05) is 80.9 Å². The van der Waals surface area contributed by atoms with Crippen molar-refractivity contribution in [3.05, 3.63) is 29.8 Å². The minimum absolute atomic E-state index is 0.0546. The van der Waals surface area contributed by atoms with Crippen molar-refractivity contribution in [3.63, 3.8) is 0 Å². The molecule has 0 aromatic heterocycles. The molecule has 20 nitrogen and oxygen atoms in total. The molecule has 0 heterocycles. The zero-order valence-electron chi connectivity index (χ0n) is 54.6. The number of anilines is 1. The van der Waals surface area contributed by atoms with Gasteiger partial charge in [0.2, 0.25) is 23.6 Å². The molecule has 0 aliphatic heterocycles. The molecular formula is C67H115N5O15. The SMILES string of the molecule is CC(=O)C(C)CCCCNC(=O)c1ccc(NC(=O)CCC(C)C(C)=O)cc1.CCCCCCCCCCCCCCCCCC(=O)NC(CCC(=O)CCCOCCOCC(=O)NCCOCCOCC(=O)NCCCCC(CC)C(C)=O)C(=O)O. The van der Waals surface area contributed by atoms with E-state index in [1.807, 2.05) is 20.8 Å². The van der Waals surface area contributed by atoms with Crippen LogP contribution in [0, 0.1) is 17.8 Å². The van der Waals surface area contributed by atoms with Crippen LogP contribution < -0.4 is 26.6 Å². The van der Waals surface area contributed by atoms with Crippen molar-refractivity contribution in [2.24, 2.45) is 17.8 Å². The number of benzene rings is 1. The fourth-order valence-corrected chi connectivity index (χ4v) is 9.12. The fourth-order valence-electron chi connectivity index (χ4n) is 9.12. The van der Waals surface area contributed by atoms with Crippen molar-refractivity contribution < 1.29 is 72.0 Å². The van der Waals surface area contributed by atoms with Gasteiger partial charge in [0.05, 0.1) is 33.0 Å². The summed E-state index contributed by atoms with van der Waals surface area (Å²) >= 11 is 0. The van der Waals surface area contributed by atoms with Crippen molar-refractivity contribution in [1.82, 2.24) is 21.3 Å². The Morgan fingerprint density at radius 1 is 0.437 bits per heavy atom. The van der Waals surface area contributed by atoms with Crippen molar-refractivity contribution >= 4 is 64.3 Å². The molecule has 0 saturated carbocycles. The van der Waals surface area contributed by atoms with Gasteiger partial charge in [-0.05, 0) is 103 Å². The Labute approximate surface area is 521 Å². The third-order valence-electron chi connectivity index (χ3n) is 15.2. The van der Waals surface area contributed by atoms with Gasteiger partial charge in [-0.3, -0.25) is 43.2 Å². The van der Waals surface area contributed by atoms with Gasteiger partial charge in [-0.25, -0.2) is 4.79 Å². The highest BCUT2D eigenvalue weighted by molar-refractivity contribution is 5.96. The summed E-state index contributed by atoms with van der Waals surface area (Å²) in [5, 5.41) is 23.2. The van der Waals surface area contributed by atoms with E-state index in [2.05, 4.69) is 33.5 Å². The van der Waals surface area contributed by atoms with Crippen LogP contribution in [0.15, 0.2) is 24.3 Å². The van der Waals surface area contributed by atoms with Crippen LogP contribution in [0.4, 0.5) is 5.69 Å². The van der Waals surface area contributed by atoms with E-state index < -0.39 is 12.0 Å². The number of hydrogen-bond acceptors (Lipinski definition) is 14. The summed E-state index contributed by atoms with van der Waals surface area (Å²) < 4.78 is 21.5. The number of hydrogen-bond donors (Lipinski definition) is 6. The van der Waals surface area contributed by atoms with Crippen LogP contribution in [-0.4, -0.2) is 142 Å². The van der Waals surface area contributed by atoms with Crippen LogP contribution in [0.1, 0.15) is 245 Å². The first kappa shape index (κ1) is 81.6. The summed E-state index contributed by atoms with van der Waals surface area (Å²) in [6, 6.07) is 5.64. The maximum Gasteiger partial charge on any atom is 0.326 e. The zero-order valence-corrected chi connectivity index (χ0v) is 54.6. The van der Waals surface area contributed by atoms with Crippen LogP contribution in [0.5, 0.6) is 0 Å². The maximum absolute atomic E-state index is 12.3. The number of aliphatic carboxylic acids is 1. The summed E-state index contributed by atoms with van der Waals surface area (Å²) in [6.45, 7) is 15.6. The van der Waals surface area contributed by atoms with Gasteiger partial charge in [-0.15, -0.1) is 0 Å². The average Bonchev–Trinajstić information content (AvgIpc) is 3.55. The second kappa shape index (κ2) is 55.8. The monoisotopic (exact) mass is 1230 g/mol. The molecule has 4 unspecified atom stereocenters. The van der Waals surface area contributed by atoms with Crippen LogP contribution >= 0.6 is 0 Å². The maximum atomic E-state index is 12.3. The number of rotatable bonds is 57. The van der Waals surface area contributed by atoms with E-state index in [0.717, 1.165) is 64.2 Å². The van der Waals surface area contributed by atoms with E-state index in [0.29, 0.717) is 56.8 Å². The van der Waals surface area contributed by atoms with Gasteiger partial charge in [0.1, 0.15) is 42.4 Å². The summed E-state index contributed by atoms with van der Waals surface area (Å²) in [6.07, 6.45) is 26.5. The predicted molar refractivity (Wildman–Crippen MR) is 340 cm³/mol. The zero-order chi connectivity index (χ0) is 64.7. The van der Waals surface area contributed by atoms with E-state index in [1.165, 1.54) is 84.0 Å². The Bertz CT molecular complexity index is 2050. The number of Topliss-reactive ketones (excluding diaryl/α,β-unsaturated/α-hetero) is 4. The number of ketones is 4. The second-order valence-corrected chi connectivity index (χ2v) is 23.0. The van der Waals surface area contributed by atoms with Gasteiger partial charge >= 0.3 is 5.97 Å². The minimum atomic E-state index is -1.13. The number of unbranched alkanes of at least 4 members (excludes halogenated alkanes) is 16. The van der Waals surface area contributed by atoms with Gasteiger partial charge in [0.15, 0.2) is 0 Å². The number of nitrogens with one attached hydrogen (secondary N) is 5. The first-order valence-corrected chi connectivity index (χ1v) is 32.9. The number of carboxylic acids is 1. The third-order valence-corrected chi connectivity index (χ3v) is 15.2. The molecule has 6 N–H and O–H groups in total. The Hall–Kier alpha value is -5.44. The molecule has 0 aliphatic carbocycles. The Morgan fingerprint density at radius 2 is 0.931 bits per heavy atom. The van der Waals surface area contributed by atoms with Crippen molar-refractivity contribution in [1.29, 1.82) is 0 Å². The largest absolute Gasteiger partial charge is 0.480 e. The lowest BCUT2D eigenvalue weighted by Crippen LogP contribution is -2.41. The summed E-state index contributed by atoms with van der Waals surface area (Å²) in [5.74, 6) is -1.74. The molecule has 1 aromatic carbocycles. The normalized spacial score (nSPS) is 12.4. The molecule has 0 bridgehead atoms. The lowest BCUT2D eigenvalue weighted by Gasteiger charge is -2.14. The lowest BCUT2D eigenvalue weighted by atomic mass is 9.95. The molecule has 0 aliphatic rings. The minimum Gasteiger partial charge on any atom is -0.480 e. The number of carbonyl (C=O) groups is 10. The lowest BCUT2D eigenvalue weighted by molar-refractivity contribution is -0.142. The topological polar surface area (TPSA) is 288 Å². The molecule has 4 atom stereocenters. The molecule has 5 amide bonds.